The number of nitrogens with zero attached hydrogens (tertiary/aromatic N) is 2. The number of hydrogen-bond acceptors (Lipinski definition) is 7. The van der Waals surface area contributed by atoms with Crippen molar-refractivity contribution in [1.29, 1.82) is 0 Å². The molecule has 1 aliphatic heterocycles. The van der Waals surface area contributed by atoms with Gasteiger partial charge in [0.1, 0.15) is 19.0 Å². The molecule has 4 rings (SSSR count). The van der Waals surface area contributed by atoms with Crippen molar-refractivity contribution in [2.75, 3.05) is 18.1 Å². The van der Waals surface area contributed by atoms with E-state index in [9.17, 15) is 9.59 Å². The van der Waals surface area contributed by atoms with E-state index in [2.05, 4.69) is 4.98 Å². The summed E-state index contributed by atoms with van der Waals surface area (Å²) in [5.74, 6) is 0.0157. The first-order valence-corrected chi connectivity index (χ1v) is 11.8. The highest BCUT2D eigenvalue weighted by atomic mass is 35.5. The van der Waals surface area contributed by atoms with Gasteiger partial charge in [0, 0.05) is 23.9 Å². The molecule has 7 nitrogen and oxygen atoms in total. The number of thiazole rings is 1. The van der Waals surface area contributed by atoms with E-state index in [1.807, 2.05) is 0 Å². The Bertz CT molecular complexity index is 1110. The second kappa shape index (κ2) is 10.8. The van der Waals surface area contributed by atoms with Gasteiger partial charge in [-0.3, -0.25) is 9.69 Å². The minimum Gasteiger partial charge on any atom is -0.491 e. The van der Waals surface area contributed by atoms with Gasteiger partial charge in [0.15, 0.2) is 5.13 Å². The molecule has 0 saturated carbocycles. The molecule has 3 aromatic rings. The van der Waals surface area contributed by atoms with E-state index < -0.39 is 5.97 Å². The van der Waals surface area contributed by atoms with E-state index >= 15 is 0 Å². The van der Waals surface area contributed by atoms with Gasteiger partial charge >= 0.3 is 5.97 Å². The number of anilines is 2. The SMILES string of the molecule is CC(=O)N(c1cccc(Cl)c1)c1nc(COC(=O)c2ccc(OCC3CCCO3)cc2)cs1. The van der Waals surface area contributed by atoms with Crippen LogP contribution >= 0.6 is 22.9 Å². The van der Waals surface area contributed by atoms with Gasteiger partial charge in [-0.2, -0.15) is 0 Å². The molecule has 1 unspecified atom stereocenters. The molecular weight excluding hydrogens is 464 g/mol. The van der Waals surface area contributed by atoms with Crippen LogP contribution in [-0.2, 0) is 20.9 Å². The molecule has 2 aromatic carbocycles. The number of benzene rings is 2. The topological polar surface area (TPSA) is 78.0 Å². The third-order valence-corrected chi connectivity index (χ3v) is 6.12. The Morgan fingerprint density at radius 1 is 1.24 bits per heavy atom. The first-order chi connectivity index (χ1) is 16.0. The summed E-state index contributed by atoms with van der Waals surface area (Å²) in [5, 5.41) is 2.75. The molecule has 0 aliphatic carbocycles. The van der Waals surface area contributed by atoms with Gasteiger partial charge in [-0.05, 0) is 55.3 Å². The highest BCUT2D eigenvalue weighted by molar-refractivity contribution is 7.14. The second-order valence-corrected chi connectivity index (χ2v) is 8.78. The van der Waals surface area contributed by atoms with Gasteiger partial charge in [0.25, 0.3) is 0 Å². The minimum atomic E-state index is -0.464. The second-order valence-electron chi connectivity index (χ2n) is 7.50. The third-order valence-electron chi connectivity index (χ3n) is 5.01. The summed E-state index contributed by atoms with van der Waals surface area (Å²) in [5.41, 5.74) is 1.59. The summed E-state index contributed by atoms with van der Waals surface area (Å²) in [7, 11) is 0. The van der Waals surface area contributed by atoms with Crippen molar-refractivity contribution in [1.82, 2.24) is 4.98 Å². The molecule has 0 spiro atoms. The fourth-order valence-corrected chi connectivity index (χ4v) is 4.44. The van der Waals surface area contributed by atoms with E-state index in [4.69, 9.17) is 25.8 Å². The highest BCUT2D eigenvalue weighted by Gasteiger charge is 2.19. The van der Waals surface area contributed by atoms with E-state index in [-0.39, 0.29) is 18.6 Å². The number of aromatic nitrogens is 1. The van der Waals surface area contributed by atoms with E-state index in [1.54, 1.807) is 53.9 Å². The number of ether oxygens (including phenoxy) is 3. The molecule has 9 heteroatoms. The summed E-state index contributed by atoms with van der Waals surface area (Å²) < 4.78 is 16.6. The molecule has 172 valence electrons. The molecule has 0 bridgehead atoms. The number of rotatable bonds is 8. The summed E-state index contributed by atoms with van der Waals surface area (Å²) in [6, 6.07) is 13.8. The lowest BCUT2D eigenvalue weighted by Gasteiger charge is -2.18. The summed E-state index contributed by atoms with van der Waals surface area (Å²) in [6.45, 7) is 2.74. The lowest BCUT2D eigenvalue weighted by molar-refractivity contribution is -0.115. The normalized spacial score (nSPS) is 15.3. The molecule has 1 saturated heterocycles. The average molecular weight is 487 g/mol. The van der Waals surface area contributed by atoms with Crippen molar-refractivity contribution in [3.05, 3.63) is 70.2 Å². The van der Waals surface area contributed by atoms with Crippen molar-refractivity contribution in [2.45, 2.75) is 32.5 Å². The predicted octanol–water partition coefficient (Wildman–Crippen LogP) is 5.40. The largest absolute Gasteiger partial charge is 0.491 e. The number of halogens is 1. The van der Waals surface area contributed by atoms with Gasteiger partial charge in [0.2, 0.25) is 5.91 Å². The predicted molar refractivity (Wildman–Crippen MR) is 126 cm³/mol. The van der Waals surface area contributed by atoms with Crippen LogP contribution in [0.3, 0.4) is 0 Å². The fraction of sp³-hybridized carbons (Fsp3) is 0.292. The summed E-state index contributed by atoms with van der Waals surface area (Å²) >= 11 is 7.34. The molecule has 1 aromatic heterocycles. The zero-order chi connectivity index (χ0) is 23.2. The van der Waals surface area contributed by atoms with E-state index in [0.29, 0.717) is 39.5 Å². The maximum Gasteiger partial charge on any atom is 0.338 e. The Morgan fingerprint density at radius 2 is 2.06 bits per heavy atom. The minimum absolute atomic E-state index is 0.00606. The Kier molecular flexibility index (Phi) is 7.59. The first kappa shape index (κ1) is 23.2. The Balaban J connectivity index is 1.33. The van der Waals surface area contributed by atoms with Crippen LogP contribution in [0.5, 0.6) is 5.75 Å². The number of hydrogen-bond donors (Lipinski definition) is 0. The maximum absolute atomic E-state index is 12.4. The quantitative estimate of drug-likeness (QED) is 0.397. The van der Waals surface area contributed by atoms with Crippen LogP contribution in [-0.4, -0.2) is 36.2 Å². The van der Waals surface area contributed by atoms with E-state index in [0.717, 1.165) is 19.4 Å². The van der Waals surface area contributed by atoms with Crippen LogP contribution in [0.15, 0.2) is 53.9 Å². The Labute approximate surface area is 200 Å². The van der Waals surface area contributed by atoms with Crippen LogP contribution < -0.4 is 9.64 Å². The number of carbonyl (C=O) groups excluding carboxylic acids is 2. The van der Waals surface area contributed by atoms with Crippen molar-refractivity contribution < 1.29 is 23.8 Å². The Hall–Kier alpha value is -2.94. The lowest BCUT2D eigenvalue weighted by Crippen LogP contribution is -2.22. The summed E-state index contributed by atoms with van der Waals surface area (Å²) in [6.07, 6.45) is 2.20. The van der Waals surface area contributed by atoms with Crippen LogP contribution in [0, 0.1) is 0 Å². The molecule has 1 amide bonds. The highest BCUT2D eigenvalue weighted by Crippen LogP contribution is 2.30. The molecule has 0 N–H and O–H groups in total. The van der Waals surface area contributed by atoms with Gasteiger partial charge in [-0.1, -0.05) is 17.7 Å². The molecule has 0 radical (unpaired) electrons. The van der Waals surface area contributed by atoms with Crippen molar-refractivity contribution in [2.24, 2.45) is 0 Å². The zero-order valence-corrected chi connectivity index (χ0v) is 19.6. The number of carbonyl (C=O) groups is 2. The number of amides is 1. The van der Waals surface area contributed by atoms with Crippen LogP contribution in [0.25, 0.3) is 0 Å². The van der Waals surface area contributed by atoms with Crippen molar-refractivity contribution >= 4 is 45.6 Å². The Morgan fingerprint density at radius 3 is 2.76 bits per heavy atom. The van der Waals surface area contributed by atoms with Crippen LogP contribution in [0.1, 0.15) is 35.8 Å². The molecule has 33 heavy (non-hydrogen) atoms. The van der Waals surface area contributed by atoms with Crippen LogP contribution in [0.4, 0.5) is 10.8 Å². The van der Waals surface area contributed by atoms with Crippen molar-refractivity contribution in [3.63, 3.8) is 0 Å². The zero-order valence-electron chi connectivity index (χ0n) is 18.0. The first-order valence-electron chi connectivity index (χ1n) is 10.5. The molecule has 1 aliphatic rings. The van der Waals surface area contributed by atoms with Crippen molar-refractivity contribution in [3.8, 4) is 5.75 Å². The molecule has 1 fully saturated rings. The lowest BCUT2D eigenvalue weighted by atomic mass is 10.2. The molecule has 2 heterocycles. The molecule has 1 atom stereocenters. The van der Waals surface area contributed by atoms with Gasteiger partial charge in [0.05, 0.1) is 23.0 Å². The van der Waals surface area contributed by atoms with Gasteiger partial charge in [-0.15, -0.1) is 11.3 Å². The monoisotopic (exact) mass is 486 g/mol. The maximum atomic E-state index is 12.4. The average Bonchev–Trinajstić information content (AvgIpc) is 3.49. The van der Waals surface area contributed by atoms with Crippen LogP contribution in [0.2, 0.25) is 5.02 Å². The van der Waals surface area contributed by atoms with Gasteiger partial charge < -0.3 is 14.2 Å². The smallest absolute Gasteiger partial charge is 0.338 e. The van der Waals surface area contributed by atoms with Gasteiger partial charge in [-0.25, -0.2) is 9.78 Å². The fourth-order valence-electron chi connectivity index (χ4n) is 3.38. The third kappa shape index (κ3) is 6.10. The number of esters is 1. The summed E-state index contributed by atoms with van der Waals surface area (Å²) in [4.78, 5) is 30.6. The molecular formula is C24H23ClN2O5S. The standard InChI is InChI=1S/C24H23ClN2O5S/c1-16(28)27(20-5-2-4-18(25)12-20)24-26-19(15-33-24)13-32-23(29)17-7-9-21(10-8-17)31-14-22-6-3-11-30-22/h2,4-5,7-10,12,15,22H,3,6,11,13-14H2,1H3. The van der Waals surface area contributed by atoms with E-state index in [1.165, 1.54) is 23.2 Å².